The minimum absolute atomic E-state index is 0.0383. The van der Waals surface area contributed by atoms with E-state index in [0.717, 1.165) is 24.4 Å². The summed E-state index contributed by atoms with van der Waals surface area (Å²) in [4.78, 5) is 15.7. The zero-order chi connectivity index (χ0) is 20.4. The van der Waals surface area contributed by atoms with Crippen molar-refractivity contribution in [3.8, 4) is 0 Å². The summed E-state index contributed by atoms with van der Waals surface area (Å²) in [5.74, 6) is -0.0383. The highest BCUT2D eigenvalue weighted by molar-refractivity contribution is 7.89. The first-order valence-corrected chi connectivity index (χ1v) is 12.4. The van der Waals surface area contributed by atoms with Crippen molar-refractivity contribution < 1.29 is 13.2 Å². The molecule has 156 valence electrons. The van der Waals surface area contributed by atoms with Gasteiger partial charge >= 0.3 is 0 Å². The molecule has 1 aliphatic heterocycles. The number of carbonyl (C=O) groups is 1. The maximum absolute atomic E-state index is 12.8. The molecule has 1 N–H and O–H groups in total. The van der Waals surface area contributed by atoms with E-state index in [1.807, 2.05) is 6.07 Å². The fraction of sp³-hybridized carbons (Fsp3) is 0.476. The zero-order valence-electron chi connectivity index (χ0n) is 16.7. The van der Waals surface area contributed by atoms with Gasteiger partial charge in [0.25, 0.3) is 0 Å². The number of benzene rings is 1. The van der Waals surface area contributed by atoms with Gasteiger partial charge in [0.1, 0.15) is 0 Å². The Hall–Kier alpha value is -1.74. The highest BCUT2D eigenvalue weighted by Crippen LogP contribution is 2.39. The molecule has 0 saturated carbocycles. The molecular formula is C21H27N3O3S2. The third-order valence-corrected chi connectivity index (χ3v) is 8.83. The lowest BCUT2D eigenvalue weighted by molar-refractivity contribution is -0.114. The number of hydrogen-bond donors (Lipinski definition) is 1. The van der Waals surface area contributed by atoms with Gasteiger partial charge in [0.2, 0.25) is 15.9 Å². The van der Waals surface area contributed by atoms with Gasteiger partial charge in [-0.15, -0.1) is 11.3 Å². The molecule has 4 rings (SSSR count). The van der Waals surface area contributed by atoms with Gasteiger partial charge in [-0.2, -0.15) is 4.31 Å². The highest BCUT2D eigenvalue weighted by atomic mass is 32.2. The lowest BCUT2D eigenvalue weighted by Crippen LogP contribution is -2.48. The maximum atomic E-state index is 12.8. The molecule has 2 aliphatic rings. The lowest BCUT2D eigenvalue weighted by Gasteiger charge is -2.34. The molecule has 8 heteroatoms. The van der Waals surface area contributed by atoms with Gasteiger partial charge in [-0.1, -0.05) is 18.2 Å². The van der Waals surface area contributed by atoms with Crippen LogP contribution in [0.5, 0.6) is 0 Å². The Morgan fingerprint density at radius 3 is 2.45 bits per heavy atom. The number of anilines is 1. The number of aryl methyl sites for hydroxylation is 1. The van der Waals surface area contributed by atoms with E-state index in [2.05, 4.69) is 10.2 Å². The van der Waals surface area contributed by atoms with Crippen LogP contribution in [0.25, 0.3) is 0 Å². The van der Waals surface area contributed by atoms with Crippen LogP contribution in [0, 0.1) is 0 Å². The van der Waals surface area contributed by atoms with Crippen molar-refractivity contribution in [3.05, 3.63) is 46.3 Å². The lowest BCUT2D eigenvalue weighted by atomic mass is 9.95. The molecule has 0 unspecified atom stereocenters. The molecule has 1 aromatic carbocycles. The van der Waals surface area contributed by atoms with Crippen molar-refractivity contribution in [2.45, 2.75) is 44.0 Å². The number of nitrogens with one attached hydrogen (secondary N) is 1. The Bertz CT molecular complexity index is 978. The predicted octanol–water partition coefficient (Wildman–Crippen LogP) is 3.09. The first-order chi connectivity index (χ1) is 13.9. The van der Waals surface area contributed by atoms with Crippen LogP contribution in [-0.4, -0.2) is 49.7 Å². The van der Waals surface area contributed by atoms with Crippen molar-refractivity contribution in [2.24, 2.45) is 0 Å². The topological polar surface area (TPSA) is 69.7 Å². The smallest absolute Gasteiger partial charge is 0.243 e. The number of fused-ring (bicyclic) bond motifs is 1. The first-order valence-electron chi connectivity index (χ1n) is 10.1. The normalized spacial score (nSPS) is 18.4. The second-order valence-electron chi connectivity index (χ2n) is 7.69. The molecule has 1 aromatic heterocycles. The van der Waals surface area contributed by atoms with Gasteiger partial charge < -0.3 is 5.32 Å². The molecule has 29 heavy (non-hydrogen) atoms. The molecule has 1 fully saturated rings. The fourth-order valence-electron chi connectivity index (χ4n) is 4.15. The Balaban J connectivity index is 1.46. The molecule has 0 bridgehead atoms. The van der Waals surface area contributed by atoms with Crippen LogP contribution in [0.4, 0.5) is 5.00 Å². The van der Waals surface area contributed by atoms with Crippen molar-refractivity contribution in [3.63, 3.8) is 0 Å². The molecule has 2 aromatic rings. The summed E-state index contributed by atoms with van der Waals surface area (Å²) < 4.78 is 27.3. The van der Waals surface area contributed by atoms with E-state index in [0.29, 0.717) is 31.1 Å². The van der Waals surface area contributed by atoms with Crippen LogP contribution in [0.1, 0.15) is 35.8 Å². The summed E-state index contributed by atoms with van der Waals surface area (Å²) in [6.07, 6.45) is 4.57. The minimum atomic E-state index is -3.43. The van der Waals surface area contributed by atoms with Gasteiger partial charge in [0, 0.05) is 50.1 Å². The average Bonchev–Trinajstić information content (AvgIpc) is 3.05. The van der Waals surface area contributed by atoms with E-state index in [9.17, 15) is 13.2 Å². The van der Waals surface area contributed by atoms with Crippen molar-refractivity contribution >= 4 is 32.3 Å². The second-order valence-corrected chi connectivity index (χ2v) is 10.7. The SMILES string of the molecule is CC(=O)Nc1sc2c(c1CN1CCN(S(=O)(=O)c3ccccc3)CC1)CCCC2. The molecule has 0 spiro atoms. The minimum Gasteiger partial charge on any atom is -0.318 e. The molecule has 0 atom stereocenters. The largest absolute Gasteiger partial charge is 0.318 e. The summed E-state index contributed by atoms with van der Waals surface area (Å²) in [6, 6.07) is 8.64. The quantitative estimate of drug-likeness (QED) is 0.787. The van der Waals surface area contributed by atoms with E-state index in [1.165, 1.54) is 28.8 Å². The molecule has 6 nitrogen and oxygen atoms in total. The number of nitrogens with zero attached hydrogens (tertiary/aromatic N) is 2. The molecule has 1 aliphatic carbocycles. The summed E-state index contributed by atoms with van der Waals surface area (Å²) in [5, 5.41) is 4.00. The molecular weight excluding hydrogens is 406 g/mol. The number of hydrogen-bond acceptors (Lipinski definition) is 5. The van der Waals surface area contributed by atoms with Crippen LogP contribution in [0.2, 0.25) is 0 Å². The first kappa shape index (κ1) is 20.5. The third-order valence-electron chi connectivity index (χ3n) is 5.66. The molecule has 0 radical (unpaired) electrons. The van der Waals surface area contributed by atoms with Crippen LogP contribution in [-0.2, 0) is 34.2 Å². The predicted molar refractivity (Wildman–Crippen MR) is 116 cm³/mol. The Morgan fingerprint density at radius 1 is 1.07 bits per heavy atom. The number of amides is 1. The molecule has 2 heterocycles. The number of thiophene rings is 1. The standard InChI is InChI=1S/C21H27N3O3S2/c1-16(25)22-21-19(18-9-5-6-10-20(18)28-21)15-23-11-13-24(14-12-23)29(26,27)17-7-3-2-4-8-17/h2-4,7-8H,5-6,9-15H2,1H3,(H,22,25). The van der Waals surface area contributed by atoms with Crippen molar-refractivity contribution in [1.82, 2.24) is 9.21 Å². The molecule has 1 saturated heterocycles. The highest BCUT2D eigenvalue weighted by Gasteiger charge is 2.30. The molecule has 1 amide bonds. The summed E-state index contributed by atoms with van der Waals surface area (Å²) in [7, 11) is -3.43. The van der Waals surface area contributed by atoms with E-state index < -0.39 is 10.0 Å². The van der Waals surface area contributed by atoms with Crippen molar-refractivity contribution in [2.75, 3.05) is 31.5 Å². The van der Waals surface area contributed by atoms with E-state index in [4.69, 9.17) is 0 Å². The van der Waals surface area contributed by atoms with E-state index in [-0.39, 0.29) is 5.91 Å². The van der Waals surface area contributed by atoms with E-state index in [1.54, 1.807) is 46.8 Å². The summed E-state index contributed by atoms with van der Waals surface area (Å²) in [6.45, 7) is 4.67. The average molecular weight is 434 g/mol. The Labute approximate surface area is 176 Å². The maximum Gasteiger partial charge on any atom is 0.243 e. The third kappa shape index (κ3) is 4.40. The van der Waals surface area contributed by atoms with Gasteiger partial charge in [-0.05, 0) is 43.4 Å². The Morgan fingerprint density at radius 2 is 1.76 bits per heavy atom. The zero-order valence-corrected chi connectivity index (χ0v) is 18.3. The van der Waals surface area contributed by atoms with Crippen LogP contribution < -0.4 is 5.32 Å². The fourth-order valence-corrected chi connectivity index (χ4v) is 6.94. The number of piperazine rings is 1. The van der Waals surface area contributed by atoms with Gasteiger partial charge in [0.05, 0.1) is 9.90 Å². The van der Waals surface area contributed by atoms with Crippen LogP contribution in [0.3, 0.4) is 0 Å². The monoisotopic (exact) mass is 433 g/mol. The van der Waals surface area contributed by atoms with Crippen LogP contribution in [0.15, 0.2) is 35.2 Å². The number of rotatable bonds is 5. The summed E-state index contributed by atoms with van der Waals surface area (Å²) in [5.41, 5.74) is 2.64. The van der Waals surface area contributed by atoms with Gasteiger partial charge in [-0.25, -0.2) is 8.42 Å². The second kappa shape index (κ2) is 8.55. The number of sulfonamides is 1. The Kier molecular flexibility index (Phi) is 6.06. The van der Waals surface area contributed by atoms with Crippen molar-refractivity contribution in [1.29, 1.82) is 0 Å². The van der Waals surface area contributed by atoms with E-state index >= 15 is 0 Å². The van der Waals surface area contributed by atoms with Gasteiger partial charge in [-0.3, -0.25) is 9.69 Å². The van der Waals surface area contributed by atoms with Crippen LogP contribution >= 0.6 is 11.3 Å². The van der Waals surface area contributed by atoms with Gasteiger partial charge in [0.15, 0.2) is 0 Å². The summed E-state index contributed by atoms with van der Waals surface area (Å²) >= 11 is 1.72. The number of carbonyl (C=O) groups excluding carboxylic acids is 1.